The summed E-state index contributed by atoms with van der Waals surface area (Å²) in [5.41, 5.74) is 0.123. The highest BCUT2D eigenvalue weighted by Gasteiger charge is 2.30. The lowest BCUT2D eigenvalue weighted by Crippen LogP contribution is -2.45. The van der Waals surface area contributed by atoms with E-state index in [1.807, 2.05) is 0 Å². The van der Waals surface area contributed by atoms with Gasteiger partial charge >= 0.3 is 0 Å². The van der Waals surface area contributed by atoms with E-state index in [0.29, 0.717) is 16.1 Å². The standard InChI is InChI=1S/C16H14Cl2F2N2O3S/c1-9(16(23)21-10-3-5-12(17)13(18)7-10)22(26(2,24)25)11-4-6-14(19)15(20)8-11/h3-9H,1-2H3,(H,21,23). The van der Waals surface area contributed by atoms with Gasteiger partial charge in [-0.2, -0.15) is 0 Å². The molecule has 10 heteroatoms. The minimum atomic E-state index is -3.96. The molecule has 0 saturated carbocycles. The van der Waals surface area contributed by atoms with Crippen molar-refractivity contribution in [1.82, 2.24) is 0 Å². The maximum absolute atomic E-state index is 13.5. The molecule has 0 saturated heterocycles. The Balaban J connectivity index is 2.34. The van der Waals surface area contributed by atoms with Crippen molar-refractivity contribution in [3.8, 4) is 0 Å². The Kier molecular flexibility index (Phi) is 6.10. The van der Waals surface area contributed by atoms with Crippen molar-refractivity contribution in [2.24, 2.45) is 0 Å². The minimum Gasteiger partial charge on any atom is -0.324 e. The fourth-order valence-electron chi connectivity index (χ4n) is 2.25. The molecule has 1 atom stereocenters. The van der Waals surface area contributed by atoms with Gasteiger partial charge in [-0.1, -0.05) is 23.2 Å². The van der Waals surface area contributed by atoms with E-state index >= 15 is 0 Å². The second kappa shape index (κ2) is 7.77. The normalized spacial score (nSPS) is 12.5. The number of carbonyl (C=O) groups excluding carboxylic acids is 1. The van der Waals surface area contributed by atoms with Crippen LogP contribution >= 0.6 is 23.2 Å². The number of amides is 1. The number of hydrogen-bond acceptors (Lipinski definition) is 3. The van der Waals surface area contributed by atoms with Gasteiger partial charge in [-0.25, -0.2) is 17.2 Å². The lowest BCUT2D eigenvalue weighted by Gasteiger charge is -2.28. The molecule has 5 nitrogen and oxygen atoms in total. The second-order valence-electron chi connectivity index (χ2n) is 5.45. The van der Waals surface area contributed by atoms with Crippen molar-refractivity contribution in [2.75, 3.05) is 15.9 Å². The summed E-state index contributed by atoms with van der Waals surface area (Å²) in [6, 6.07) is 5.67. The van der Waals surface area contributed by atoms with Crippen LogP contribution in [0.25, 0.3) is 0 Å². The molecule has 0 spiro atoms. The summed E-state index contributed by atoms with van der Waals surface area (Å²) in [6.45, 7) is 1.31. The van der Waals surface area contributed by atoms with Gasteiger partial charge < -0.3 is 5.32 Å². The van der Waals surface area contributed by atoms with E-state index in [0.717, 1.165) is 18.4 Å². The fourth-order valence-corrected chi connectivity index (χ4v) is 3.72. The Bertz CT molecular complexity index is 955. The molecule has 1 amide bonds. The largest absolute Gasteiger partial charge is 0.324 e. The van der Waals surface area contributed by atoms with Gasteiger partial charge in [0, 0.05) is 11.8 Å². The Hall–Kier alpha value is -1.90. The molecule has 140 valence electrons. The Labute approximate surface area is 159 Å². The molecule has 0 aliphatic carbocycles. The third kappa shape index (κ3) is 4.63. The number of nitrogens with one attached hydrogen (secondary N) is 1. The summed E-state index contributed by atoms with van der Waals surface area (Å²) in [6.07, 6.45) is 0.858. The highest BCUT2D eigenvalue weighted by Crippen LogP contribution is 2.26. The van der Waals surface area contributed by atoms with Crippen molar-refractivity contribution < 1.29 is 22.0 Å². The number of nitrogens with zero attached hydrogens (tertiary/aromatic N) is 1. The summed E-state index contributed by atoms with van der Waals surface area (Å²) in [7, 11) is -3.96. The second-order valence-corrected chi connectivity index (χ2v) is 8.13. The van der Waals surface area contributed by atoms with Gasteiger partial charge in [0.05, 0.1) is 22.0 Å². The molecule has 2 rings (SSSR count). The highest BCUT2D eigenvalue weighted by molar-refractivity contribution is 7.92. The summed E-state index contributed by atoms with van der Waals surface area (Å²) in [5, 5.41) is 3.00. The van der Waals surface area contributed by atoms with Crippen molar-refractivity contribution >= 4 is 50.5 Å². The van der Waals surface area contributed by atoms with Crippen LogP contribution in [-0.4, -0.2) is 26.6 Å². The van der Waals surface area contributed by atoms with Crippen molar-refractivity contribution in [2.45, 2.75) is 13.0 Å². The van der Waals surface area contributed by atoms with Gasteiger partial charge in [-0.3, -0.25) is 9.10 Å². The molecule has 0 aliphatic rings. The predicted octanol–water partition coefficient (Wildman–Crippen LogP) is 4.06. The number of hydrogen-bond donors (Lipinski definition) is 1. The quantitative estimate of drug-likeness (QED) is 0.789. The summed E-state index contributed by atoms with van der Waals surface area (Å²) in [5.74, 6) is -3.05. The van der Waals surface area contributed by atoms with Gasteiger partial charge in [0.25, 0.3) is 0 Å². The zero-order chi connectivity index (χ0) is 19.6. The minimum absolute atomic E-state index is 0.178. The van der Waals surface area contributed by atoms with Crippen LogP contribution < -0.4 is 9.62 Å². The van der Waals surface area contributed by atoms with Crippen LogP contribution in [0.2, 0.25) is 10.0 Å². The molecule has 0 aromatic heterocycles. The SMILES string of the molecule is CC(C(=O)Nc1ccc(Cl)c(Cl)c1)N(c1ccc(F)c(F)c1)S(C)(=O)=O. The van der Waals surface area contributed by atoms with Crippen molar-refractivity contribution in [3.05, 3.63) is 58.1 Å². The van der Waals surface area contributed by atoms with Crippen LogP contribution in [-0.2, 0) is 14.8 Å². The molecule has 26 heavy (non-hydrogen) atoms. The van der Waals surface area contributed by atoms with Crippen molar-refractivity contribution in [3.63, 3.8) is 0 Å². The lowest BCUT2D eigenvalue weighted by atomic mass is 10.2. The van der Waals surface area contributed by atoms with Gasteiger partial charge in [-0.15, -0.1) is 0 Å². The molecule has 1 N–H and O–H groups in total. The lowest BCUT2D eigenvalue weighted by molar-refractivity contribution is -0.116. The van der Waals surface area contributed by atoms with E-state index in [4.69, 9.17) is 23.2 Å². The first-order chi connectivity index (χ1) is 12.0. The number of carbonyl (C=O) groups is 1. The molecular formula is C16H14Cl2F2N2O3S. The predicted molar refractivity (Wildman–Crippen MR) is 98.2 cm³/mol. The maximum Gasteiger partial charge on any atom is 0.247 e. The molecule has 0 radical (unpaired) electrons. The van der Waals surface area contributed by atoms with E-state index in [1.54, 1.807) is 0 Å². The molecule has 1 unspecified atom stereocenters. The third-order valence-electron chi connectivity index (χ3n) is 3.43. The average molecular weight is 423 g/mol. The monoisotopic (exact) mass is 422 g/mol. The molecule has 2 aromatic carbocycles. The van der Waals surface area contributed by atoms with Crippen LogP contribution in [0, 0.1) is 11.6 Å². The first-order valence-electron chi connectivity index (χ1n) is 7.21. The molecule has 2 aromatic rings. The van der Waals surface area contributed by atoms with Crippen LogP contribution in [0.1, 0.15) is 6.92 Å². The Morgan fingerprint density at radius 3 is 2.27 bits per heavy atom. The summed E-state index contributed by atoms with van der Waals surface area (Å²) < 4.78 is 51.6. The van der Waals surface area contributed by atoms with Gasteiger partial charge in [0.2, 0.25) is 15.9 Å². The molecule has 0 heterocycles. The highest BCUT2D eigenvalue weighted by atomic mass is 35.5. The third-order valence-corrected chi connectivity index (χ3v) is 5.41. The molecular weight excluding hydrogens is 409 g/mol. The smallest absolute Gasteiger partial charge is 0.247 e. The first kappa shape index (κ1) is 20.4. The first-order valence-corrected chi connectivity index (χ1v) is 9.81. The average Bonchev–Trinajstić information content (AvgIpc) is 2.53. The summed E-state index contributed by atoms with van der Waals surface area (Å²) in [4.78, 5) is 12.5. The van der Waals surface area contributed by atoms with Crippen LogP contribution in [0.15, 0.2) is 36.4 Å². The maximum atomic E-state index is 13.5. The van der Waals surface area contributed by atoms with Gasteiger partial charge in [0.15, 0.2) is 11.6 Å². The van der Waals surface area contributed by atoms with Crippen LogP contribution in [0.5, 0.6) is 0 Å². The molecule has 0 fully saturated rings. The van der Waals surface area contributed by atoms with E-state index in [-0.39, 0.29) is 15.7 Å². The fraction of sp³-hybridized carbons (Fsp3) is 0.188. The number of rotatable bonds is 5. The Morgan fingerprint density at radius 2 is 1.73 bits per heavy atom. The molecule has 0 bridgehead atoms. The van der Waals surface area contributed by atoms with Crippen LogP contribution in [0.4, 0.5) is 20.2 Å². The zero-order valence-electron chi connectivity index (χ0n) is 13.6. The van der Waals surface area contributed by atoms with E-state index < -0.39 is 33.6 Å². The number of sulfonamides is 1. The number of benzene rings is 2. The van der Waals surface area contributed by atoms with E-state index in [2.05, 4.69) is 5.32 Å². The number of anilines is 2. The van der Waals surface area contributed by atoms with E-state index in [9.17, 15) is 22.0 Å². The van der Waals surface area contributed by atoms with Crippen molar-refractivity contribution in [1.29, 1.82) is 0 Å². The van der Waals surface area contributed by atoms with E-state index in [1.165, 1.54) is 25.1 Å². The number of halogens is 4. The Morgan fingerprint density at radius 1 is 1.08 bits per heavy atom. The zero-order valence-corrected chi connectivity index (χ0v) is 16.0. The van der Waals surface area contributed by atoms with Gasteiger partial charge in [0.1, 0.15) is 6.04 Å². The topological polar surface area (TPSA) is 66.5 Å². The van der Waals surface area contributed by atoms with Gasteiger partial charge in [-0.05, 0) is 37.3 Å². The molecule has 0 aliphatic heterocycles. The van der Waals surface area contributed by atoms with Crippen LogP contribution in [0.3, 0.4) is 0 Å². The summed E-state index contributed by atoms with van der Waals surface area (Å²) >= 11 is 11.7.